The van der Waals surface area contributed by atoms with Gasteiger partial charge in [-0.05, 0) is 17.7 Å². The normalized spacial score (nSPS) is 12.5. The van der Waals surface area contributed by atoms with Crippen LogP contribution >= 0.6 is 46.9 Å². The number of aromatic nitrogens is 1. The first-order valence-electron chi connectivity index (χ1n) is 7.84. The Hall–Kier alpha value is -1.07. The Kier molecular flexibility index (Phi) is 8.81. The number of hydrogen-bond donors (Lipinski definition) is 2. The molecule has 150 valence electrons. The lowest BCUT2D eigenvalue weighted by atomic mass is 9.85. The lowest BCUT2D eigenvalue weighted by Gasteiger charge is -2.26. The second-order valence-electron chi connectivity index (χ2n) is 6.29. The molecule has 0 aliphatic carbocycles. The molecule has 0 saturated heterocycles. The minimum atomic E-state index is -4.42. The molecule has 10 heteroatoms. The topological polar surface area (TPSA) is 49.3 Å². The van der Waals surface area contributed by atoms with Crippen molar-refractivity contribution in [2.24, 2.45) is 4.99 Å². The Labute approximate surface area is 182 Å². The Morgan fingerprint density at radius 1 is 1.19 bits per heavy atom. The van der Waals surface area contributed by atoms with Crippen LogP contribution in [0.15, 0.2) is 34.6 Å². The van der Waals surface area contributed by atoms with Gasteiger partial charge in [0, 0.05) is 29.4 Å². The third kappa shape index (κ3) is 7.11. The minimum Gasteiger partial charge on any atom is -0.356 e. The van der Waals surface area contributed by atoms with Gasteiger partial charge in [-0.2, -0.15) is 13.2 Å². The van der Waals surface area contributed by atoms with Gasteiger partial charge in [-0.15, -0.1) is 35.3 Å². The van der Waals surface area contributed by atoms with E-state index < -0.39 is 11.9 Å². The van der Waals surface area contributed by atoms with E-state index in [2.05, 4.69) is 34.5 Å². The average molecular weight is 533 g/mol. The maximum atomic E-state index is 12.6. The van der Waals surface area contributed by atoms with Gasteiger partial charge in [0.1, 0.15) is 5.01 Å². The third-order valence-electron chi connectivity index (χ3n) is 3.80. The molecule has 0 atom stereocenters. The van der Waals surface area contributed by atoms with Crippen molar-refractivity contribution < 1.29 is 13.2 Å². The van der Waals surface area contributed by atoms with Crippen LogP contribution in [0.5, 0.6) is 0 Å². The van der Waals surface area contributed by atoms with Crippen molar-refractivity contribution in [2.75, 3.05) is 13.6 Å². The number of nitrogens with zero attached hydrogens (tertiary/aromatic N) is 2. The SMILES string of the molecule is CN=C(NCc1nc(C(F)(F)F)cs1)NCC(C)(C)c1ccc(Cl)cc1.I. The molecule has 0 unspecified atom stereocenters. The Morgan fingerprint density at radius 2 is 1.81 bits per heavy atom. The number of guanidine groups is 1. The van der Waals surface area contributed by atoms with Crippen molar-refractivity contribution in [1.82, 2.24) is 15.6 Å². The van der Waals surface area contributed by atoms with Crippen LogP contribution in [0.25, 0.3) is 0 Å². The monoisotopic (exact) mass is 532 g/mol. The summed E-state index contributed by atoms with van der Waals surface area (Å²) in [6.07, 6.45) is -4.42. The second-order valence-corrected chi connectivity index (χ2v) is 7.67. The summed E-state index contributed by atoms with van der Waals surface area (Å²) in [6.45, 7) is 4.90. The van der Waals surface area contributed by atoms with Crippen molar-refractivity contribution in [1.29, 1.82) is 0 Å². The molecule has 0 spiro atoms. The van der Waals surface area contributed by atoms with E-state index in [1.165, 1.54) is 0 Å². The molecule has 1 heterocycles. The van der Waals surface area contributed by atoms with Crippen LogP contribution in [0.4, 0.5) is 13.2 Å². The number of benzene rings is 1. The zero-order valence-electron chi connectivity index (χ0n) is 15.0. The van der Waals surface area contributed by atoms with E-state index in [0.29, 0.717) is 22.5 Å². The molecule has 0 saturated carbocycles. The van der Waals surface area contributed by atoms with E-state index in [1.54, 1.807) is 7.05 Å². The molecule has 1 aromatic carbocycles. The molecule has 2 rings (SSSR count). The number of halogens is 5. The van der Waals surface area contributed by atoms with Crippen LogP contribution in [-0.2, 0) is 18.1 Å². The molecule has 2 aromatic rings. The highest BCUT2D eigenvalue weighted by Gasteiger charge is 2.33. The lowest BCUT2D eigenvalue weighted by Crippen LogP contribution is -2.43. The van der Waals surface area contributed by atoms with Crippen molar-refractivity contribution in [3.8, 4) is 0 Å². The zero-order valence-corrected chi connectivity index (χ0v) is 18.9. The van der Waals surface area contributed by atoms with Gasteiger partial charge in [0.15, 0.2) is 11.7 Å². The second kappa shape index (κ2) is 9.92. The van der Waals surface area contributed by atoms with Crippen LogP contribution in [0.3, 0.4) is 0 Å². The van der Waals surface area contributed by atoms with Gasteiger partial charge in [0.05, 0.1) is 6.54 Å². The molecule has 1 aromatic heterocycles. The zero-order chi connectivity index (χ0) is 19.4. The van der Waals surface area contributed by atoms with Gasteiger partial charge < -0.3 is 10.6 Å². The van der Waals surface area contributed by atoms with Crippen molar-refractivity contribution in [3.63, 3.8) is 0 Å². The van der Waals surface area contributed by atoms with Gasteiger partial charge in [0.2, 0.25) is 0 Å². The summed E-state index contributed by atoms with van der Waals surface area (Å²) in [7, 11) is 1.60. The predicted molar refractivity (Wildman–Crippen MR) is 115 cm³/mol. The molecule has 0 aliphatic heterocycles. The predicted octanol–water partition coefficient (Wildman–Crippen LogP) is 5.08. The number of rotatable bonds is 5. The van der Waals surface area contributed by atoms with E-state index in [4.69, 9.17) is 11.6 Å². The summed E-state index contributed by atoms with van der Waals surface area (Å²) in [5, 5.41) is 8.21. The molecule has 0 aliphatic rings. The summed E-state index contributed by atoms with van der Waals surface area (Å²) < 4.78 is 37.8. The number of hydrogen-bond acceptors (Lipinski definition) is 3. The van der Waals surface area contributed by atoms with Crippen molar-refractivity contribution in [2.45, 2.75) is 32.0 Å². The van der Waals surface area contributed by atoms with Crippen LogP contribution in [0, 0.1) is 0 Å². The molecular formula is C17H21ClF3IN4S. The molecule has 0 amide bonds. The van der Waals surface area contributed by atoms with Crippen LogP contribution < -0.4 is 10.6 Å². The number of thiazole rings is 1. The highest BCUT2D eigenvalue weighted by atomic mass is 127. The molecule has 4 nitrogen and oxygen atoms in total. The Balaban J connectivity index is 0.00000364. The third-order valence-corrected chi connectivity index (χ3v) is 4.90. The van der Waals surface area contributed by atoms with Gasteiger partial charge in [-0.3, -0.25) is 4.99 Å². The quantitative estimate of drug-likeness (QED) is 0.321. The van der Waals surface area contributed by atoms with Crippen molar-refractivity contribution in [3.05, 3.63) is 50.9 Å². The summed E-state index contributed by atoms with van der Waals surface area (Å²) in [5.74, 6) is 0.496. The number of aliphatic imine (C=N–C) groups is 1. The van der Waals surface area contributed by atoms with E-state index in [-0.39, 0.29) is 35.9 Å². The van der Waals surface area contributed by atoms with Gasteiger partial charge in [-0.1, -0.05) is 37.6 Å². The first kappa shape index (κ1) is 24.0. The minimum absolute atomic E-state index is 0. The molecule has 0 fully saturated rings. The van der Waals surface area contributed by atoms with Gasteiger partial charge >= 0.3 is 6.18 Å². The highest BCUT2D eigenvalue weighted by molar-refractivity contribution is 14.0. The van der Waals surface area contributed by atoms with Gasteiger partial charge in [0.25, 0.3) is 0 Å². The smallest absolute Gasteiger partial charge is 0.356 e. The Morgan fingerprint density at radius 3 is 2.33 bits per heavy atom. The first-order chi connectivity index (χ1) is 12.1. The largest absolute Gasteiger partial charge is 0.434 e. The maximum absolute atomic E-state index is 12.6. The molecule has 0 bridgehead atoms. The molecule has 0 radical (unpaired) electrons. The number of alkyl halides is 3. The summed E-state index contributed by atoms with van der Waals surface area (Å²) in [5.41, 5.74) is 0.0537. The number of nitrogens with one attached hydrogen (secondary N) is 2. The van der Waals surface area contributed by atoms with Crippen LogP contribution in [0.2, 0.25) is 5.02 Å². The van der Waals surface area contributed by atoms with E-state index in [0.717, 1.165) is 22.3 Å². The summed E-state index contributed by atoms with van der Waals surface area (Å²) in [6, 6.07) is 7.61. The fourth-order valence-electron chi connectivity index (χ4n) is 2.21. The standard InChI is InChI=1S/C17H20ClF3N4S.HI/c1-16(2,11-4-6-12(18)7-5-11)10-24-15(22-3)23-8-14-25-13(9-26-14)17(19,20)21;/h4-7,9H,8,10H2,1-3H3,(H2,22,23,24);1H. The van der Waals surface area contributed by atoms with Gasteiger partial charge in [-0.25, -0.2) is 4.98 Å². The fraction of sp³-hybridized carbons (Fsp3) is 0.412. The summed E-state index contributed by atoms with van der Waals surface area (Å²) >= 11 is 6.88. The molecular weight excluding hydrogens is 512 g/mol. The van der Waals surface area contributed by atoms with Crippen LogP contribution in [0.1, 0.15) is 30.1 Å². The highest BCUT2D eigenvalue weighted by Crippen LogP contribution is 2.30. The van der Waals surface area contributed by atoms with E-state index in [1.807, 2.05) is 24.3 Å². The van der Waals surface area contributed by atoms with Crippen LogP contribution in [-0.4, -0.2) is 24.5 Å². The van der Waals surface area contributed by atoms with Crippen molar-refractivity contribution >= 4 is 52.9 Å². The first-order valence-corrected chi connectivity index (χ1v) is 9.10. The average Bonchev–Trinajstić information content (AvgIpc) is 3.04. The molecule has 2 N–H and O–H groups in total. The maximum Gasteiger partial charge on any atom is 0.434 e. The fourth-order valence-corrected chi connectivity index (χ4v) is 3.08. The summed E-state index contributed by atoms with van der Waals surface area (Å²) in [4.78, 5) is 7.69. The Bertz CT molecular complexity index is 760. The molecule has 27 heavy (non-hydrogen) atoms. The van der Waals surface area contributed by atoms with E-state index >= 15 is 0 Å². The lowest BCUT2D eigenvalue weighted by molar-refractivity contribution is -0.140. The van der Waals surface area contributed by atoms with E-state index in [9.17, 15) is 13.2 Å².